The van der Waals surface area contributed by atoms with Gasteiger partial charge in [-0.3, -0.25) is 9.80 Å². The van der Waals surface area contributed by atoms with Crippen molar-refractivity contribution < 1.29 is 14.3 Å². The van der Waals surface area contributed by atoms with Gasteiger partial charge < -0.3 is 20.9 Å². The number of benzene rings is 2. The Morgan fingerprint density at radius 3 is 2.69 bits per heavy atom. The second-order valence-electron chi connectivity index (χ2n) is 8.43. The molecule has 0 amide bonds. The summed E-state index contributed by atoms with van der Waals surface area (Å²) in [5.74, 6) is 0.951. The lowest BCUT2D eigenvalue weighted by Gasteiger charge is -2.30. The summed E-state index contributed by atoms with van der Waals surface area (Å²) in [4.78, 5) is 21.4. The van der Waals surface area contributed by atoms with Gasteiger partial charge in [0.15, 0.2) is 17.3 Å². The SMILES string of the molecule is CCC[C@H]1c2ccccc2C=NN1/C=C/C(=O)c1cc(Cc2cnc(N)nc2N)cc(OC)c1OC. The number of hydrazone groups is 1. The summed E-state index contributed by atoms with van der Waals surface area (Å²) in [6.45, 7) is 2.13. The first kappa shape index (κ1) is 24.7. The number of allylic oxidation sites excluding steroid dienone is 1. The van der Waals surface area contributed by atoms with Crippen LogP contribution in [0.15, 0.2) is 60.0 Å². The number of nitrogens with two attached hydrogens (primary N) is 2. The first-order valence-corrected chi connectivity index (χ1v) is 11.7. The van der Waals surface area contributed by atoms with Crippen LogP contribution < -0.4 is 20.9 Å². The van der Waals surface area contributed by atoms with Gasteiger partial charge in [0.2, 0.25) is 5.95 Å². The molecule has 9 nitrogen and oxygen atoms in total. The zero-order valence-electron chi connectivity index (χ0n) is 20.6. The fourth-order valence-electron chi connectivity index (χ4n) is 4.32. The van der Waals surface area contributed by atoms with Crippen molar-refractivity contribution in [3.63, 3.8) is 0 Å². The van der Waals surface area contributed by atoms with E-state index in [-0.39, 0.29) is 23.6 Å². The number of hydrogen-bond acceptors (Lipinski definition) is 9. The Labute approximate surface area is 210 Å². The smallest absolute Gasteiger partial charge is 0.221 e. The monoisotopic (exact) mass is 486 g/mol. The van der Waals surface area contributed by atoms with Gasteiger partial charge in [0.25, 0.3) is 0 Å². The van der Waals surface area contributed by atoms with Crippen LogP contribution in [0, 0.1) is 0 Å². The molecule has 36 heavy (non-hydrogen) atoms. The molecule has 0 unspecified atom stereocenters. The van der Waals surface area contributed by atoms with Gasteiger partial charge in [0.05, 0.1) is 32.0 Å². The molecule has 0 saturated heterocycles. The van der Waals surface area contributed by atoms with Gasteiger partial charge in [-0.15, -0.1) is 0 Å². The second-order valence-corrected chi connectivity index (χ2v) is 8.43. The minimum atomic E-state index is -0.238. The third-order valence-electron chi connectivity index (χ3n) is 6.06. The van der Waals surface area contributed by atoms with E-state index in [2.05, 4.69) is 34.1 Å². The van der Waals surface area contributed by atoms with Crippen molar-refractivity contribution in [2.24, 2.45) is 5.10 Å². The summed E-state index contributed by atoms with van der Waals surface area (Å²) in [6.07, 6.45) is 8.91. The molecule has 0 bridgehead atoms. The van der Waals surface area contributed by atoms with Crippen LogP contribution in [0.3, 0.4) is 0 Å². The Morgan fingerprint density at radius 2 is 1.97 bits per heavy atom. The van der Waals surface area contributed by atoms with E-state index in [0.29, 0.717) is 29.0 Å². The van der Waals surface area contributed by atoms with E-state index in [4.69, 9.17) is 20.9 Å². The largest absolute Gasteiger partial charge is 0.493 e. The number of fused-ring (bicyclic) bond motifs is 1. The van der Waals surface area contributed by atoms with Crippen LogP contribution in [0.5, 0.6) is 11.5 Å². The second kappa shape index (κ2) is 10.9. The summed E-state index contributed by atoms with van der Waals surface area (Å²) in [7, 11) is 3.04. The lowest BCUT2D eigenvalue weighted by Crippen LogP contribution is -2.23. The highest BCUT2D eigenvalue weighted by atomic mass is 16.5. The van der Waals surface area contributed by atoms with Crippen molar-refractivity contribution in [1.82, 2.24) is 15.0 Å². The molecule has 3 aromatic rings. The number of ketones is 1. The van der Waals surface area contributed by atoms with E-state index in [1.165, 1.54) is 25.9 Å². The minimum absolute atomic E-state index is 0.0523. The van der Waals surface area contributed by atoms with E-state index in [9.17, 15) is 4.79 Å². The Kier molecular flexibility index (Phi) is 7.48. The van der Waals surface area contributed by atoms with Gasteiger partial charge in [-0.25, -0.2) is 4.98 Å². The van der Waals surface area contributed by atoms with Crippen molar-refractivity contribution in [1.29, 1.82) is 0 Å². The molecule has 0 spiro atoms. The van der Waals surface area contributed by atoms with Gasteiger partial charge in [0.1, 0.15) is 5.82 Å². The standard InChI is InChI=1S/C27H30N6O3/c1-4-7-22-20-9-6-5-8-18(20)16-31-33(22)11-10-23(34)21-13-17(14-24(35-2)25(21)36-3)12-19-15-30-27(29)32-26(19)28/h5-6,8-11,13-16,22H,4,7,12H2,1-3H3,(H4,28,29,30,32)/b11-10+/t22-/m0/s1. The maximum Gasteiger partial charge on any atom is 0.221 e. The van der Waals surface area contributed by atoms with Crippen LogP contribution in [0.4, 0.5) is 11.8 Å². The molecular weight excluding hydrogens is 456 g/mol. The quantitative estimate of drug-likeness (QED) is 0.341. The van der Waals surface area contributed by atoms with Gasteiger partial charge in [-0.05, 0) is 35.2 Å². The molecule has 0 fully saturated rings. The summed E-state index contributed by atoms with van der Waals surface area (Å²) < 4.78 is 11.1. The Balaban J connectivity index is 1.65. The fourth-order valence-corrected chi connectivity index (χ4v) is 4.32. The Hall–Kier alpha value is -4.40. The number of ether oxygens (including phenoxy) is 2. The van der Waals surface area contributed by atoms with Crippen LogP contribution in [0.1, 0.15) is 58.4 Å². The topological polar surface area (TPSA) is 129 Å². The molecular formula is C27H30N6O3. The number of nitrogens with zero attached hydrogens (tertiary/aromatic N) is 4. The highest BCUT2D eigenvalue weighted by Gasteiger charge is 2.23. The van der Waals surface area contributed by atoms with Gasteiger partial charge in [0, 0.05) is 30.5 Å². The van der Waals surface area contributed by atoms with E-state index in [1.807, 2.05) is 23.4 Å². The number of carbonyl (C=O) groups excluding carboxylic acids is 1. The molecule has 4 N–H and O–H groups in total. The summed E-state index contributed by atoms with van der Waals surface area (Å²) in [6, 6.07) is 11.8. The third kappa shape index (κ3) is 5.14. The molecule has 4 rings (SSSR count). The third-order valence-corrected chi connectivity index (χ3v) is 6.06. The van der Waals surface area contributed by atoms with Gasteiger partial charge >= 0.3 is 0 Å². The molecule has 9 heteroatoms. The maximum absolute atomic E-state index is 13.4. The maximum atomic E-state index is 13.4. The highest BCUT2D eigenvalue weighted by molar-refractivity contribution is 6.07. The molecule has 0 radical (unpaired) electrons. The van der Waals surface area contributed by atoms with Crippen LogP contribution >= 0.6 is 0 Å². The van der Waals surface area contributed by atoms with Crippen molar-refractivity contribution in [3.8, 4) is 11.5 Å². The first-order chi connectivity index (χ1) is 17.4. The Bertz CT molecular complexity index is 1320. The number of carbonyl (C=O) groups is 1. The lowest BCUT2D eigenvalue weighted by atomic mass is 9.96. The number of hydrogen-bond donors (Lipinski definition) is 2. The average Bonchev–Trinajstić information content (AvgIpc) is 2.89. The van der Waals surface area contributed by atoms with Crippen molar-refractivity contribution >= 4 is 23.8 Å². The van der Waals surface area contributed by atoms with E-state index >= 15 is 0 Å². The van der Waals surface area contributed by atoms with E-state index < -0.39 is 0 Å². The van der Waals surface area contributed by atoms with Crippen LogP contribution in [-0.4, -0.2) is 41.2 Å². The minimum Gasteiger partial charge on any atom is -0.493 e. The number of nitrogen functional groups attached to an aromatic ring is 2. The molecule has 1 aliphatic heterocycles. The molecule has 1 atom stereocenters. The van der Waals surface area contributed by atoms with Crippen molar-refractivity contribution in [2.75, 3.05) is 25.7 Å². The summed E-state index contributed by atoms with van der Waals surface area (Å²) in [5.41, 5.74) is 15.8. The average molecular weight is 487 g/mol. The summed E-state index contributed by atoms with van der Waals surface area (Å²) in [5, 5.41) is 6.42. The zero-order chi connectivity index (χ0) is 25.7. The van der Waals surface area contributed by atoms with Crippen LogP contribution in [0.25, 0.3) is 0 Å². The van der Waals surface area contributed by atoms with E-state index in [1.54, 1.807) is 24.5 Å². The number of aromatic nitrogens is 2. The highest BCUT2D eigenvalue weighted by Crippen LogP contribution is 2.35. The Morgan fingerprint density at radius 1 is 1.17 bits per heavy atom. The molecule has 1 aromatic heterocycles. The van der Waals surface area contributed by atoms with Crippen molar-refractivity contribution in [2.45, 2.75) is 32.2 Å². The predicted molar refractivity (Wildman–Crippen MR) is 140 cm³/mol. The lowest BCUT2D eigenvalue weighted by molar-refractivity contribution is 0.104. The van der Waals surface area contributed by atoms with E-state index in [0.717, 1.165) is 24.0 Å². The van der Waals surface area contributed by atoms with Crippen LogP contribution in [-0.2, 0) is 6.42 Å². The molecule has 1 aliphatic rings. The van der Waals surface area contributed by atoms with Crippen molar-refractivity contribution in [3.05, 3.63) is 82.7 Å². The number of rotatable bonds is 9. The van der Waals surface area contributed by atoms with Gasteiger partial charge in [-0.1, -0.05) is 37.6 Å². The fraction of sp³-hybridized carbons (Fsp3) is 0.259. The first-order valence-electron chi connectivity index (χ1n) is 11.7. The van der Waals surface area contributed by atoms with Gasteiger partial charge in [-0.2, -0.15) is 10.1 Å². The predicted octanol–water partition coefficient (Wildman–Crippen LogP) is 4.14. The number of methoxy groups -OCH3 is 2. The zero-order valence-corrected chi connectivity index (χ0v) is 20.6. The molecule has 186 valence electrons. The van der Waals surface area contributed by atoms with Crippen LogP contribution in [0.2, 0.25) is 0 Å². The molecule has 2 aromatic carbocycles. The molecule has 0 aliphatic carbocycles. The molecule has 2 heterocycles. The summed E-state index contributed by atoms with van der Waals surface area (Å²) >= 11 is 0. The number of anilines is 2. The molecule has 0 saturated carbocycles. The normalized spacial score (nSPS) is 14.6.